The topological polar surface area (TPSA) is 26.0 Å². The summed E-state index contributed by atoms with van der Waals surface area (Å²) in [4.78, 5) is 0. The van der Waals surface area contributed by atoms with E-state index in [9.17, 15) is 0 Å². The van der Waals surface area contributed by atoms with E-state index in [1.54, 1.807) is 0 Å². The standard InChI is InChI=1S/C19H24ClN/c1-4-13-9-14(5-2)19(15(6-3)10-13)16-7-8-18(20)17(11-16)12-21/h7-11H,4-6,12,21H2,1-3H3. The monoisotopic (exact) mass is 301 g/mol. The average molecular weight is 302 g/mol. The maximum absolute atomic E-state index is 6.20. The zero-order valence-corrected chi connectivity index (χ0v) is 13.9. The highest BCUT2D eigenvalue weighted by molar-refractivity contribution is 6.31. The highest BCUT2D eigenvalue weighted by Crippen LogP contribution is 2.32. The van der Waals surface area contributed by atoms with Crippen LogP contribution in [0.3, 0.4) is 0 Å². The number of halogens is 1. The number of aryl methyl sites for hydroxylation is 3. The number of rotatable bonds is 5. The molecule has 0 heterocycles. The number of hydrogen-bond donors (Lipinski definition) is 1. The maximum atomic E-state index is 6.20. The summed E-state index contributed by atoms with van der Waals surface area (Å²) >= 11 is 6.20. The summed E-state index contributed by atoms with van der Waals surface area (Å²) in [6, 6.07) is 10.9. The molecule has 2 N–H and O–H groups in total. The van der Waals surface area contributed by atoms with Crippen molar-refractivity contribution < 1.29 is 0 Å². The fourth-order valence-electron chi connectivity index (χ4n) is 2.86. The van der Waals surface area contributed by atoms with Crippen molar-refractivity contribution in [2.75, 3.05) is 0 Å². The molecule has 0 radical (unpaired) electrons. The highest BCUT2D eigenvalue weighted by Gasteiger charge is 2.12. The summed E-state index contributed by atoms with van der Waals surface area (Å²) < 4.78 is 0. The van der Waals surface area contributed by atoms with E-state index in [2.05, 4.69) is 45.0 Å². The van der Waals surface area contributed by atoms with Crippen molar-refractivity contribution in [3.8, 4) is 11.1 Å². The molecule has 0 fully saturated rings. The Labute approximate surface area is 133 Å². The van der Waals surface area contributed by atoms with Crippen LogP contribution in [0.2, 0.25) is 5.02 Å². The van der Waals surface area contributed by atoms with Crippen LogP contribution in [0.25, 0.3) is 11.1 Å². The second-order valence-electron chi connectivity index (χ2n) is 5.36. The van der Waals surface area contributed by atoms with Gasteiger partial charge in [0.25, 0.3) is 0 Å². The van der Waals surface area contributed by atoms with Gasteiger partial charge in [-0.05, 0) is 64.8 Å². The lowest BCUT2D eigenvalue weighted by Gasteiger charge is -2.17. The van der Waals surface area contributed by atoms with Crippen molar-refractivity contribution in [3.63, 3.8) is 0 Å². The van der Waals surface area contributed by atoms with Crippen molar-refractivity contribution in [2.24, 2.45) is 5.73 Å². The molecule has 0 saturated heterocycles. The molecule has 2 aromatic carbocycles. The predicted octanol–water partition coefficient (Wildman–Crippen LogP) is 5.15. The largest absolute Gasteiger partial charge is 0.326 e. The van der Waals surface area contributed by atoms with Gasteiger partial charge in [0.15, 0.2) is 0 Å². The van der Waals surface area contributed by atoms with E-state index in [4.69, 9.17) is 17.3 Å². The summed E-state index contributed by atoms with van der Waals surface area (Å²) in [7, 11) is 0. The Bertz CT molecular complexity index is 606. The highest BCUT2D eigenvalue weighted by atomic mass is 35.5. The molecule has 0 aromatic heterocycles. The molecular weight excluding hydrogens is 278 g/mol. The second kappa shape index (κ2) is 7.11. The molecule has 0 amide bonds. The van der Waals surface area contributed by atoms with Gasteiger partial charge in [-0.1, -0.05) is 50.6 Å². The minimum atomic E-state index is 0.475. The summed E-state index contributed by atoms with van der Waals surface area (Å²) in [5.74, 6) is 0. The van der Waals surface area contributed by atoms with Gasteiger partial charge in [-0.25, -0.2) is 0 Å². The Morgan fingerprint density at radius 3 is 1.95 bits per heavy atom. The summed E-state index contributed by atoms with van der Waals surface area (Å²) in [6.45, 7) is 7.13. The third-order valence-corrected chi connectivity index (χ3v) is 4.45. The van der Waals surface area contributed by atoms with Gasteiger partial charge in [-0.15, -0.1) is 0 Å². The van der Waals surface area contributed by atoms with E-state index >= 15 is 0 Å². The van der Waals surface area contributed by atoms with E-state index in [0.717, 1.165) is 29.8 Å². The molecule has 0 bridgehead atoms. The molecule has 0 spiro atoms. The Morgan fingerprint density at radius 2 is 1.48 bits per heavy atom. The van der Waals surface area contributed by atoms with Gasteiger partial charge in [0.2, 0.25) is 0 Å². The van der Waals surface area contributed by atoms with E-state index in [0.29, 0.717) is 6.54 Å². The summed E-state index contributed by atoms with van der Waals surface area (Å²) in [5.41, 5.74) is 13.7. The van der Waals surface area contributed by atoms with Crippen molar-refractivity contribution in [1.29, 1.82) is 0 Å². The molecule has 0 saturated carbocycles. The van der Waals surface area contributed by atoms with Gasteiger partial charge in [0.1, 0.15) is 0 Å². The maximum Gasteiger partial charge on any atom is 0.0451 e. The van der Waals surface area contributed by atoms with Crippen molar-refractivity contribution in [3.05, 3.63) is 57.6 Å². The second-order valence-corrected chi connectivity index (χ2v) is 5.77. The zero-order valence-electron chi connectivity index (χ0n) is 13.2. The van der Waals surface area contributed by atoms with Crippen molar-refractivity contribution in [1.82, 2.24) is 0 Å². The lowest BCUT2D eigenvalue weighted by atomic mass is 9.88. The van der Waals surface area contributed by atoms with Crippen molar-refractivity contribution in [2.45, 2.75) is 46.6 Å². The molecule has 1 nitrogen and oxygen atoms in total. The lowest BCUT2D eigenvalue weighted by Crippen LogP contribution is -2.00. The molecule has 21 heavy (non-hydrogen) atoms. The van der Waals surface area contributed by atoms with Gasteiger partial charge >= 0.3 is 0 Å². The number of nitrogens with two attached hydrogens (primary N) is 1. The first kappa shape index (κ1) is 16.1. The Morgan fingerprint density at radius 1 is 0.857 bits per heavy atom. The third-order valence-electron chi connectivity index (χ3n) is 4.09. The first-order valence-corrected chi connectivity index (χ1v) is 8.15. The zero-order chi connectivity index (χ0) is 15.4. The van der Waals surface area contributed by atoms with E-state index in [1.807, 2.05) is 6.07 Å². The van der Waals surface area contributed by atoms with Gasteiger partial charge in [0.05, 0.1) is 0 Å². The normalized spacial score (nSPS) is 10.9. The molecular formula is C19H24ClN. The molecule has 0 atom stereocenters. The first-order valence-electron chi connectivity index (χ1n) is 7.78. The number of benzene rings is 2. The van der Waals surface area contributed by atoms with E-state index < -0.39 is 0 Å². The summed E-state index contributed by atoms with van der Waals surface area (Å²) in [6.07, 6.45) is 3.16. The third kappa shape index (κ3) is 3.30. The Hall–Kier alpha value is -1.31. The molecule has 0 unspecified atom stereocenters. The average Bonchev–Trinajstić information content (AvgIpc) is 2.54. The smallest absolute Gasteiger partial charge is 0.0451 e. The molecule has 0 aliphatic rings. The SMILES string of the molecule is CCc1cc(CC)c(-c2ccc(Cl)c(CN)c2)c(CC)c1. The van der Waals surface area contributed by atoms with E-state index in [1.165, 1.54) is 27.8 Å². The van der Waals surface area contributed by atoms with Gasteiger partial charge in [0, 0.05) is 11.6 Å². The van der Waals surface area contributed by atoms with Crippen LogP contribution in [0.5, 0.6) is 0 Å². The lowest BCUT2D eigenvalue weighted by molar-refractivity contribution is 1.04. The summed E-state index contributed by atoms with van der Waals surface area (Å²) in [5, 5.41) is 0.752. The van der Waals surface area contributed by atoms with E-state index in [-0.39, 0.29) is 0 Å². The number of hydrogen-bond acceptors (Lipinski definition) is 1. The van der Waals surface area contributed by atoms with Crippen LogP contribution < -0.4 is 5.73 Å². The van der Waals surface area contributed by atoms with Gasteiger partial charge < -0.3 is 5.73 Å². The van der Waals surface area contributed by atoms with Gasteiger partial charge in [-0.3, -0.25) is 0 Å². The van der Waals surface area contributed by atoms with Crippen LogP contribution in [0.15, 0.2) is 30.3 Å². The molecule has 2 heteroatoms. The van der Waals surface area contributed by atoms with Crippen LogP contribution in [0.4, 0.5) is 0 Å². The van der Waals surface area contributed by atoms with Crippen molar-refractivity contribution >= 4 is 11.6 Å². The van der Waals surface area contributed by atoms with Crippen LogP contribution in [-0.2, 0) is 25.8 Å². The molecule has 112 valence electrons. The van der Waals surface area contributed by atoms with Crippen LogP contribution in [0.1, 0.15) is 43.0 Å². The molecule has 0 aliphatic heterocycles. The predicted molar refractivity (Wildman–Crippen MR) is 92.9 cm³/mol. The minimum Gasteiger partial charge on any atom is -0.326 e. The van der Waals surface area contributed by atoms with Crippen LogP contribution in [0, 0.1) is 0 Å². The quantitative estimate of drug-likeness (QED) is 0.811. The minimum absolute atomic E-state index is 0.475. The molecule has 2 rings (SSSR count). The first-order chi connectivity index (χ1) is 10.1. The molecule has 2 aromatic rings. The van der Waals surface area contributed by atoms with Crippen LogP contribution >= 0.6 is 11.6 Å². The van der Waals surface area contributed by atoms with Crippen LogP contribution in [-0.4, -0.2) is 0 Å². The van der Waals surface area contributed by atoms with Gasteiger partial charge in [-0.2, -0.15) is 0 Å². The fraction of sp³-hybridized carbons (Fsp3) is 0.368. The Balaban J connectivity index is 2.66. The Kier molecular flexibility index (Phi) is 5.44. The molecule has 0 aliphatic carbocycles. The fourth-order valence-corrected chi connectivity index (χ4v) is 3.05.